The van der Waals surface area contributed by atoms with Gasteiger partial charge in [0, 0.05) is 19.4 Å². The number of aromatic nitrogens is 2. The van der Waals surface area contributed by atoms with Gasteiger partial charge in [-0.1, -0.05) is 53.8 Å². The summed E-state index contributed by atoms with van der Waals surface area (Å²) >= 11 is 1.30. The quantitative estimate of drug-likeness (QED) is 0.718. The van der Waals surface area contributed by atoms with Gasteiger partial charge in [-0.05, 0) is 17.7 Å². The molecule has 0 radical (unpaired) electrons. The van der Waals surface area contributed by atoms with Gasteiger partial charge in [0.25, 0.3) is 0 Å². The first-order valence-corrected chi connectivity index (χ1v) is 9.64. The summed E-state index contributed by atoms with van der Waals surface area (Å²) in [5.41, 5.74) is 1.31. The molecule has 6 nitrogen and oxygen atoms in total. The average Bonchev–Trinajstić information content (AvgIpc) is 3.29. The van der Waals surface area contributed by atoms with Crippen molar-refractivity contribution >= 4 is 34.0 Å². The molecule has 0 bridgehead atoms. The lowest BCUT2D eigenvalue weighted by molar-refractivity contribution is -0.122. The Bertz CT molecular complexity index is 1010. The topological polar surface area (TPSA) is 75.2 Å². The first-order valence-electron chi connectivity index (χ1n) is 8.82. The van der Waals surface area contributed by atoms with Crippen molar-refractivity contribution in [1.82, 2.24) is 10.2 Å². The number of nitrogens with one attached hydrogen (secondary N) is 1. The Hall–Kier alpha value is -3.13. The molecule has 4 rings (SSSR count). The molecule has 0 saturated carbocycles. The number of amides is 2. The van der Waals surface area contributed by atoms with Crippen LogP contribution < -0.4 is 10.2 Å². The van der Waals surface area contributed by atoms with Crippen molar-refractivity contribution in [2.45, 2.75) is 12.8 Å². The number of para-hydroxylation sites is 1. The number of carbonyl (C=O) groups is 2. The largest absolute Gasteiger partial charge is 0.309 e. The van der Waals surface area contributed by atoms with Crippen LogP contribution in [0.5, 0.6) is 0 Å². The van der Waals surface area contributed by atoms with Crippen molar-refractivity contribution in [2.75, 3.05) is 16.8 Å². The maximum absolute atomic E-state index is 14.0. The van der Waals surface area contributed by atoms with Crippen molar-refractivity contribution in [3.05, 3.63) is 71.0 Å². The number of rotatable bonds is 5. The van der Waals surface area contributed by atoms with Crippen LogP contribution in [0.25, 0.3) is 0 Å². The molecule has 1 atom stereocenters. The highest BCUT2D eigenvalue weighted by Gasteiger charge is 2.36. The minimum Gasteiger partial charge on any atom is -0.309 e. The summed E-state index contributed by atoms with van der Waals surface area (Å²) in [6.45, 7) is 0.140. The van der Waals surface area contributed by atoms with Gasteiger partial charge in [-0.3, -0.25) is 9.59 Å². The van der Waals surface area contributed by atoms with Crippen molar-refractivity contribution in [2.24, 2.45) is 5.92 Å². The van der Waals surface area contributed by atoms with Gasteiger partial charge in [-0.25, -0.2) is 4.39 Å². The van der Waals surface area contributed by atoms with Crippen LogP contribution in [0.4, 0.5) is 15.2 Å². The van der Waals surface area contributed by atoms with Gasteiger partial charge in [0.15, 0.2) is 0 Å². The molecule has 1 aliphatic heterocycles. The molecule has 1 aromatic heterocycles. The molecule has 28 heavy (non-hydrogen) atoms. The maximum Gasteiger partial charge on any atom is 0.231 e. The normalized spacial score (nSPS) is 16.4. The van der Waals surface area contributed by atoms with Gasteiger partial charge in [0.1, 0.15) is 10.8 Å². The molecule has 3 aromatic rings. The van der Waals surface area contributed by atoms with Gasteiger partial charge in [0.05, 0.1) is 11.6 Å². The molecule has 142 valence electrons. The molecule has 0 spiro atoms. The third kappa shape index (κ3) is 3.91. The molecular formula is C20H17FN4O2S. The highest BCUT2D eigenvalue weighted by Crippen LogP contribution is 2.28. The second kappa shape index (κ2) is 7.85. The number of anilines is 2. The van der Waals surface area contributed by atoms with E-state index in [4.69, 9.17) is 0 Å². The second-order valence-corrected chi connectivity index (χ2v) is 7.57. The molecule has 2 aromatic carbocycles. The van der Waals surface area contributed by atoms with Crippen LogP contribution in [0.2, 0.25) is 0 Å². The van der Waals surface area contributed by atoms with Gasteiger partial charge in [0.2, 0.25) is 16.9 Å². The molecule has 1 aliphatic rings. The summed E-state index contributed by atoms with van der Waals surface area (Å²) in [5.74, 6) is -1.62. The molecule has 1 N–H and O–H groups in total. The fraction of sp³-hybridized carbons (Fsp3) is 0.200. The van der Waals surface area contributed by atoms with Gasteiger partial charge < -0.3 is 10.2 Å². The lowest BCUT2D eigenvalue weighted by Crippen LogP contribution is -2.28. The Morgan fingerprint density at radius 2 is 1.89 bits per heavy atom. The van der Waals surface area contributed by atoms with E-state index in [1.54, 1.807) is 12.1 Å². The summed E-state index contributed by atoms with van der Waals surface area (Å²) < 4.78 is 14.0. The number of benzene rings is 2. The van der Waals surface area contributed by atoms with Crippen LogP contribution in [0.1, 0.15) is 17.0 Å². The zero-order chi connectivity index (χ0) is 19.5. The summed E-state index contributed by atoms with van der Waals surface area (Å²) in [7, 11) is 0. The average molecular weight is 396 g/mol. The maximum atomic E-state index is 14.0. The summed E-state index contributed by atoms with van der Waals surface area (Å²) in [5, 5.41) is 12.0. The van der Waals surface area contributed by atoms with Gasteiger partial charge >= 0.3 is 0 Å². The lowest BCUT2D eigenvalue weighted by atomic mass is 10.1. The fourth-order valence-electron chi connectivity index (χ4n) is 3.14. The summed E-state index contributed by atoms with van der Waals surface area (Å²) in [6.07, 6.45) is 0.674. The molecule has 1 fully saturated rings. The molecule has 8 heteroatoms. The van der Waals surface area contributed by atoms with E-state index < -0.39 is 11.7 Å². The van der Waals surface area contributed by atoms with Crippen molar-refractivity contribution < 1.29 is 14.0 Å². The van der Waals surface area contributed by atoms with E-state index in [9.17, 15) is 14.0 Å². The van der Waals surface area contributed by atoms with Crippen molar-refractivity contribution in [1.29, 1.82) is 0 Å². The summed E-state index contributed by atoms with van der Waals surface area (Å²) in [6, 6.07) is 15.9. The standard InChI is InChI=1S/C20H17FN4O2S/c21-15-8-4-5-9-16(15)25-12-14(11-18(25)26)19(27)22-20-24-23-17(28-20)10-13-6-2-1-3-7-13/h1-9,14H,10-12H2,(H,22,24,27)/t14-/m0/s1. The highest BCUT2D eigenvalue weighted by molar-refractivity contribution is 7.15. The monoisotopic (exact) mass is 396 g/mol. The number of hydrogen-bond donors (Lipinski definition) is 1. The van der Waals surface area contributed by atoms with E-state index in [2.05, 4.69) is 15.5 Å². The predicted octanol–water partition coefficient (Wildman–Crippen LogP) is 3.26. The molecule has 1 saturated heterocycles. The van der Waals surface area contributed by atoms with Crippen LogP contribution >= 0.6 is 11.3 Å². The van der Waals surface area contributed by atoms with Crippen LogP contribution in [0, 0.1) is 11.7 Å². The smallest absolute Gasteiger partial charge is 0.231 e. The first kappa shape index (κ1) is 18.2. The van der Waals surface area contributed by atoms with E-state index in [1.165, 1.54) is 28.4 Å². The van der Waals surface area contributed by atoms with E-state index in [0.29, 0.717) is 11.6 Å². The van der Waals surface area contributed by atoms with Crippen LogP contribution in [0.15, 0.2) is 54.6 Å². The second-order valence-electron chi connectivity index (χ2n) is 6.51. The fourth-order valence-corrected chi connectivity index (χ4v) is 3.92. The Labute approximate surface area is 165 Å². The molecule has 2 amide bonds. The SMILES string of the molecule is O=C(Nc1nnc(Cc2ccccc2)s1)[C@H]1CC(=O)N(c2ccccc2F)C1. The van der Waals surface area contributed by atoms with Gasteiger partial charge in [-0.15, -0.1) is 10.2 Å². The zero-order valence-corrected chi connectivity index (χ0v) is 15.7. The molecule has 0 unspecified atom stereocenters. The van der Waals surface area contributed by atoms with Crippen LogP contribution in [0.3, 0.4) is 0 Å². The van der Waals surface area contributed by atoms with Gasteiger partial charge in [-0.2, -0.15) is 0 Å². The Morgan fingerprint density at radius 3 is 2.68 bits per heavy atom. The lowest BCUT2D eigenvalue weighted by Gasteiger charge is -2.17. The third-order valence-electron chi connectivity index (χ3n) is 4.53. The van der Waals surface area contributed by atoms with Crippen LogP contribution in [-0.2, 0) is 16.0 Å². The minimum atomic E-state index is -0.562. The minimum absolute atomic E-state index is 0.0375. The summed E-state index contributed by atoms with van der Waals surface area (Å²) in [4.78, 5) is 26.1. The molecular weight excluding hydrogens is 379 g/mol. The van der Waals surface area contributed by atoms with Crippen molar-refractivity contribution in [3.63, 3.8) is 0 Å². The Morgan fingerprint density at radius 1 is 1.14 bits per heavy atom. The zero-order valence-electron chi connectivity index (χ0n) is 14.8. The number of halogens is 1. The van der Waals surface area contributed by atoms with E-state index in [1.807, 2.05) is 30.3 Å². The van der Waals surface area contributed by atoms with E-state index >= 15 is 0 Å². The Kier molecular flexibility index (Phi) is 5.12. The van der Waals surface area contributed by atoms with Crippen molar-refractivity contribution in [3.8, 4) is 0 Å². The van der Waals surface area contributed by atoms with Crippen LogP contribution in [-0.4, -0.2) is 28.6 Å². The number of carbonyl (C=O) groups excluding carboxylic acids is 2. The number of nitrogens with zero attached hydrogens (tertiary/aromatic N) is 3. The third-order valence-corrected chi connectivity index (χ3v) is 5.37. The highest BCUT2D eigenvalue weighted by atomic mass is 32.1. The van der Waals surface area contributed by atoms with E-state index in [0.717, 1.165) is 10.6 Å². The first-order chi connectivity index (χ1) is 13.6. The predicted molar refractivity (Wildman–Crippen MR) is 105 cm³/mol. The number of hydrogen-bond acceptors (Lipinski definition) is 5. The van der Waals surface area contributed by atoms with E-state index in [-0.39, 0.29) is 30.5 Å². The molecule has 0 aliphatic carbocycles. The Balaban J connectivity index is 1.39. The molecule has 2 heterocycles.